The number of thioether (sulfide) groups is 1. The van der Waals surface area contributed by atoms with E-state index in [1.54, 1.807) is 23.1 Å². The number of nitrogens with zero attached hydrogens (tertiary/aromatic N) is 2. The number of thiophene rings is 1. The number of hydrogen-bond donors (Lipinski definition) is 1. The van der Waals surface area contributed by atoms with Gasteiger partial charge < -0.3 is 5.73 Å². The van der Waals surface area contributed by atoms with Crippen molar-refractivity contribution in [3.8, 4) is 10.4 Å². The van der Waals surface area contributed by atoms with Crippen LogP contribution in [0.1, 0.15) is 28.2 Å². The first kappa shape index (κ1) is 17.0. The lowest BCUT2D eigenvalue weighted by Crippen LogP contribution is -2.14. The van der Waals surface area contributed by atoms with Crippen LogP contribution in [0.4, 0.5) is 0 Å². The third kappa shape index (κ3) is 3.30. The molecule has 1 amide bonds. The SMILES string of the molecule is Cc1ccc(-c2cc3c(CC4=CSC=CC4)nnc(C(N)=O)c3s2)cc1. The van der Waals surface area contributed by atoms with Gasteiger partial charge in [-0.3, -0.25) is 4.79 Å². The quantitative estimate of drug-likeness (QED) is 0.704. The molecular formula is C20H17N3OS2. The molecule has 26 heavy (non-hydrogen) atoms. The van der Waals surface area contributed by atoms with Crippen LogP contribution < -0.4 is 5.73 Å². The molecule has 0 atom stereocenters. The van der Waals surface area contributed by atoms with E-state index in [-0.39, 0.29) is 5.69 Å². The number of amides is 1. The van der Waals surface area contributed by atoms with Crippen molar-refractivity contribution < 1.29 is 4.79 Å². The largest absolute Gasteiger partial charge is 0.364 e. The second kappa shape index (κ2) is 7.05. The Morgan fingerprint density at radius 1 is 1.23 bits per heavy atom. The Bertz CT molecular complexity index is 1050. The van der Waals surface area contributed by atoms with Crippen molar-refractivity contribution in [3.05, 3.63) is 69.7 Å². The number of allylic oxidation sites excluding steroid dienone is 2. The summed E-state index contributed by atoms with van der Waals surface area (Å²) in [6.45, 7) is 2.07. The lowest BCUT2D eigenvalue weighted by Gasteiger charge is -2.08. The number of hydrogen-bond acceptors (Lipinski definition) is 5. The molecule has 0 saturated carbocycles. The molecule has 4 nitrogen and oxygen atoms in total. The molecule has 0 fully saturated rings. The zero-order valence-electron chi connectivity index (χ0n) is 14.2. The highest BCUT2D eigenvalue weighted by atomic mass is 32.2. The summed E-state index contributed by atoms with van der Waals surface area (Å²) in [5.74, 6) is -0.540. The van der Waals surface area contributed by atoms with Gasteiger partial charge in [-0.1, -0.05) is 41.5 Å². The Kier molecular flexibility index (Phi) is 4.61. The van der Waals surface area contributed by atoms with Crippen molar-refractivity contribution in [2.45, 2.75) is 19.8 Å². The van der Waals surface area contributed by atoms with E-state index in [1.165, 1.54) is 11.1 Å². The molecule has 0 spiro atoms. The fraction of sp³-hybridized carbons (Fsp3) is 0.150. The van der Waals surface area contributed by atoms with Gasteiger partial charge in [0.25, 0.3) is 5.91 Å². The number of aryl methyl sites for hydroxylation is 1. The van der Waals surface area contributed by atoms with Crippen molar-refractivity contribution in [2.75, 3.05) is 0 Å². The minimum absolute atomic E-state index is 0.249. The Hall–Kier alpha value is -2.44. The van der Waals surface area contributed by atoms with Crippen LogP contribution in [0.15, 0.2) is 52.8 Å². The van der Waals surface area contributed by atoms with Gasteiger partial charge in [0.05, 0.1) is 10.4 Å². The molecular weight excluding hydrogens is 362 g/mol. The standard InChI is InChI=1S/C20H17N3OS2/c1-12-4-6-14(7-5-12)17-10-15-16(9-13-3-2-8-25-11-13)22-23-18(20(21)24)19(15)26-17/h2,4-8,10-11H,3,9H2,1H3,(H2,21,24). The minimum atomic E-state index is -0.540. The van der Waals surface area contributed by atoms with Crippen LogP contribution in [0.2, 0.25) is 0 Å². The Labute approximate surface area is 159 Å². The van der Waals surface area contributed by atoms with Gasteiger partial charge in [-0.2, -0.15) is 5.10 Å². The Morgan fingerprint density at radius 3 is 2.73 bits per heavy atom. The zero-order chi connectivity index (χ0) is 18.1. The normalized spacial score (nSPS) is 13.8. The third-order valence-electron chi connectivity index (χ3n) is 4.28. The van der Waals surface area contributed by atoms with Gasteiger partial charge in [0.2, 0.25) is 0 Å². The molecule has 0 aliphatic carbocycles. The monoisotopic (exact) mass is 379 g/mol. The van der Waals surface area contributed by atoms with Crippen molar-refractivity contribution in [1.29, 1.82) is 0 Å². The van der Waals surface area contributed by atoms with E-state index in [9.17, 15) is 4.79 Å². The van der Waals surface area contributed by atoms with E-state index in [0.717, 1.165) is 39.1 Å². The maximum Gasteiger partial charge on any atom is 0.270 e. The number of carbonyl (C=O) groups is 1. The molecule has 2 aromatic heterocycles. The van der Waals surface area contributed by atoms with Gasteiger partial charge in [-0.05, 0) is 35.8 Å². The van der Waals surface area contributed by atoms with Crippen molar-refractivity contribution in [3.63, 3.8) is 0 Å². The van der Waals surface area contributed by atoms with Crippen molar-refractivity contribution >= 4 is 39.1 Å². The van der Waals surface area contributed by atoms with Crippen LogP contribution in [-0.2, 0) is 6.42 Å². The molecule has 4 rings (SSSR count). The molecule has 0 saturated heterocycles. The van der Waals surface area contributed by atoms with E-state index < -0.39 is 5.91 Å². The summed E-state index contributed by atoms with van der Waals surface area (Å²) in [6, 6.07) is 10.5. The maximum atomic E-state index is 11.8. The second-order valence-electron chi connectivity index (χ2n) is 6.24. The van der Waals surface area contributed by atoms with Crippen LogP contribution in [-0.4, -0.2) is 16.1 Å². The molecule has 1 aliphatic rings. The summed E-state index contributed by atoms with van der Waals surface area (Å²) < 4.78 is 0.817. The molecule has 0 bridgehead atoms. The number of fused-ring (bicyclic) bond motifs is 1. The van der Waals surface area contributed by atoms with Gasteiger partial charge in [-0.25, -0.2) is 0 Å². The van der Waals surface area contributed by atoms with E-state index in [1.807, 2.05) is 0 Å². The molecule has 1 aliphatic heterocycles. The molecule has 2 N–H and O–H groups in total. The van der Waals surface area contributed by atoms with Gasteiger partial charge in [0.15, 0.2) is 5.69 Å². The fourth-order valence-electron chi connectivity index (χ4n) is 2.91. The smallest absolute Gasteiger partial charge is 0.270 e. The molecule has 130 valence electrons. The summed E-state index contributed by atoms with van der Waals surface area (Å²) in [6.07, 6.45) is 3.79. The van der Waals surface area contributed by atoms with Crippen LogP contribution in [0.3, 0.4) is 0 Å². The van der Waals surface area contributed by atoms with Crippen LogP contribution in [0.5, 0.6) is 0 Å². The summed E-state index contributed by atoms with van der Waals surface area (Å²) >= 11 is 3.22. The van der Waals surface area contributed by atoms with Gasteiger partial charge in [-0.15, -0.1) is 28.2 Å². The maximum absolute atomic E-state index is 11.8. The fourth-order valence-corrected chi connectivity index (χ4v) is 4.74. The van der Waals surface area contributed by atoms with Crippen molar-refractivity contribution in [1.82, 2.24) is 10.2 Å². The molecule has 3 heterocycles. The summed E-state index contributed by atoms with van der Waals surface area (Å²) in [5, 5.41) is 13.7. The van der Waals surface area contributed by atoms with E-state index >= 15 is 0 Å². The first-order valence-electron chi connectivity index (χ1n) is 8.26. The van der Waals surface area contributed by atoms with Gasteiger partial charge >= 0.3 is 0 Å². The summed E-state index contributed by atoms with van der Waals surface area (Å²) in [5.41, 5.74) is 10.3. The Morgan fingerprint density at radius 2 is 2.04 bits per heavy atom. The number of nitrogens with two attached hydrogens (primary N) is 1. The lowest BCUT2D eigenvalue weighted by atomic mass is 10.0. The highest BCUT2D eigenvalue weighted by molar-refractivity contribution is 8.04. The van der Waals surface area contributed by atoms with Crippen LogP contribution >= 0.6 is 23.1 Å². The van der Waals surface area contributed by atoms with Crippen LogP contribution in [0.25, 0.3) is 20.5 Å². The molecule has 0 unspecified atom stereocenters. The van der Waals surface area contributed by atoms with Gasteiger partial charge in [0, 0.05) is 16.7 Å². The van der Waals surface area contributed by atoms with Crippen LogP contribution in [0, 0.1) is 6.92 Å². The highest BCUT2D eigenvalue weighted by Crippen LogP contribution is 2.37. The topological polar surface area (TPSA) is 68.9 Å². The third-order valence-corrected chi connectivity index (χ3v) is 6.29. The minimum Gasteiger partial charge on any atom is -0.364 e. The zero-order valence-corrected chi connectivity index (χ0v) is 15.9. The second-order valence-corrected chi connectivity index (χ2v) is 8.08. The Balaban J connectivity index is 1.82. The number of aromatic nitrogens is 2. The average Bonchev–Trinajstić information content (AvgIpc) is 3.09. The van der Waals surface area contributed by atoms with Gasteiger partial charge in [0.1, 0.15) is 0 Å². The molecule has 3 aromatic rings. The number of rotatable bonds is 4. The number of benzene rings is 1. The first-order chi connectivity index (χ1) is 12.6. The van der Waals surface area contributed by atoms with E-state index in [0.29, 0.717) is 0 Å². The summed E-state index contributed by atoms with van der Waals surface area (Å²) in [4.78, 5) is 12.9. The van der Waals surface area contributed by atoms with E-state index in [4.69, 9.17) is 5.73 Å². The predicted molar refractivity (Wildman–Crippen MR) is 109 cm³/mol. The molecule has 1 aromatic carbocycles. The highest BCUT2D eigenvalue weighted by Gasteiger charge is 2.18. The first-order valence-corrected chi connectivity index (χ1v) is 10.0. The van der Waals surface area contributed by atoms with Crippen molar-refractivity contribution in [2.24, 2.45) is 5.73 Å². The summed E-state index contributed by atoms with van der Waals surface area (Å²) in [7, 11) is 0. The predicted octanol–water partition coefficient (Wildman–Crippen LogP) is 4.84. The van der Waals surface area contributed by atoms with E-state index in [2.05, 4.69) is 64.3 Å². The molecule has 0 radical (unpaired) electrons. The molecule has 6 heteroatoms. The number of carbonyl (C=O) groups excluding carboxylic acids is 1. The average molecular weight is 380 g/mol. The number of primary amides is 1. The lowest BCUT2D eigenvalue weighted by molar-refractivity contribution is 0.0996.